The zero-order valence-corrected chi connectivity index (χ0v) is 13.7. The maximum atomic E-state index is 12.2. The van der Waals surface area contributed by atoms with Crippen molar-refractivity contribution >= 4 is 15.9 Å². The molecular weight excluding hydrogens is 276 g/mol. The minimum atomic E-state index is -3.28. The molecule has 118 valence electrons. The van der Waals surface area contributed by atoms with E-state index in [0.717, 1.165) is 25.7 Å². The van der Waals surface area contributed by atoms with Crippen molar-refractivity contribution in [3.05, 3.63) is 0 Å². The average molecular weight is 304 g/mol. The first-order valence-electron chi connectivity index (χ1n) is 7.64. The van der Waals surface area contributed by atoms with Crippen LogP contribution in [0.2, 0.25) is 0 Å². The lowest BCUT2D eigenvalue weighted by Gasteiger charge is -2.23. The molecule has 20 heavy (non-hydrogen) atoms. The molecule has 1 heterocycles. The summed E-state index contributed by atoms with van der Waals surface area (Å²) in [6.07, 6.45) is 7.06. The summed E-state index contributed by atoms with van der Waals surface area (Å²) < 4.78 is 24.6. The Morgan fingerprint density at radius 2 is 2.10 bits per heavy atom. The maximum Gasteiger partial charge on any atom is 0.238 e. The standard InChI is InChI=1S/C14H28N2O3S/c1-4-6-8-12(5-2)11-15-14(17)13-9-7-10-16(13)20(3,18)19/h12-13H,4-11H2,1-3H3,(H,15,17). The molecule has 0 aromatic carbocycles. The summed E-state index contributed by atoms with van der Waals surface area (Å²) in [5.74, 6) is 0.356. The van der Waals surface area contributed by atoms with Gasteiger partial charge in [0, 0.05) is 13.1 Å². The van der Waals surface area contributed by atoms with E-state index in [1.807, 2.05) is 0 Å². The number of nitrogens with zero attached hydrogens (tertiary/aromatic N) is 1. The van der Waals surface area contributed by atoms with Crippen molar-refractivity contribution in [1.82, 2.24) is 9.62 Å². The van der Waals surface area contributed by atoms with E-state index in [1.54, 1.807) is 0 Å². The molecule has 1 saturated heterocycles. The highest BCUT2D eigenvalue weighted by atomic mass is 32.2. The number of amides is 1. The van der Waals surface area contributed by atoms with Gasteiger partial charge in [0.1, 0.15) is 6.04 Å². The van der Waals surface area contributed by atoms with Gasteiger partial charge in [-0.15, -0.1) is 0 Å². The molecule has 2 atom stereocenters. The van der Waals surface area contributed by atoms with E-state index >= 15 is 0 Å². The largest absolute Gasteiger partial charge is 0.354 e. The number of hydrogen-bond acceptors (Lipinski definition) is 3. The number of carbonyl (C=O) groups is 1. The quantitative estimate of drug-likeness (QED) is 0.743. The molecular formula is C14H28N2O3S. The van der Waals surface area contributed by atoms with Gasteiger partial charge in [-0.05, 0) is 25.2 Å². The van der Waals surface area contributed by atoms with Gasteiger partial charge in [-0.2, -0.15) is 4.31 Å². The zero-order valence-electron chi connectivity index (χ0n) is 12.9. The summed E-state index contributed by atoms with van der Waals surface area (Å²) >= 11 is 0. The SMILES string of the molecule is CCCCC(CC)CNC(=O)C1CCCN1S(C)(=O)=O. The van der Waals surface area contributed by atoms with E-state index in [2.05, 4.69) is 19.2 Å². The second-order valence-electron chi connectivity index (χ2n) is 5.69. The number of carbonyl (C=O) groups excluding carboxylic acids is 1. The average Bonchev–Trinajstić information content (AvgIpc) is 2.88. The van der Waals surface area contributed by atoms with Crippen LogP contribution in [0, 0.1) is 5.92 Å². The number of rotatable bonds is 8. The Bertz CT molecular complexity index is 409. The summed E-state index contributed by atoms with van der Waals surface area (Å²) in [6.45, 7) is 5.41. The first kappa shape index (κ1) is 17.4. The molecule has 5 nitrogen and oxygen atoms in total. The van der Waals surface area contributed by atoms with Crippen molar-refractivity contribution in [3.63, 3.8) is 0 Å². The van der Waals surface area contributed by atoms with Gasteiger partial charge < -0.3 is 5.32 Å². The van der Waals surface area contributed by atoms with Gasteiger partial charge in [0.15, 0.2) is 0 Å². The molecule has 6 heteroatoms. The van der Waals surface area contributed by atoms with Gasteiger partial charge in [0.2, 0.25) is 15.9 Å². The molecule has 1 rings (SSSR count). The third-order valence-electron chi connectivity index (χ3n) is 4.04. The van der Waals surface area contributed by atoms with Crippen molar-refractivity contribution in [2.45, 2.75) is 58.4 Å². The monoisotopic (exact) mass is 304 g/mol. The molecule has 1 N–H and O–H groups in total. The van der Waals surface area contributed by atoms with Crippen LogP contribution in [0.5, 0.6) is 0 Å². The van der Waals surface area contributed by atoms with E-state index in [4.69, 9.17) is 0 Å². The van der Waals surface area contributed by atoms with Gasteiger partial charge in [-0.1, -0.05) is 33.1 Å². The second-order valence-corrected chi connectivity index (χ2v) is 7.63. The van der Waals surface area contributed by atoms with E-state index in [9.17, 15) is 13.2 Å². The van der Waals surface area contributed by atoms with Crippen LogP contribution in [-0.2, 0) is 14.8 Å². The van der Waals surface area contributed by atoms with Crippen molar-refractivity contribution < 1.29 is 13.2 Å². The minimum absolute atomic E-state index is 0.136. The molecule has 2 unspecified atom stereocenters. The summed E-state index contributed by atoms with van der Waals surface area (Å²) in [4.78, 5) is 12.2. The molecule has 0 bridgehead atoms. The summed E-state index contributed by atoms with van der Waals surface area (Å²) in [7, 11) is -3.28. The van der Waals surface area contributed by atoms with Gasteiger partial charge in [0.25, 0.3) is 0 Å². The predicted octanol–water partition coefficient (Wildman–Crippen LogP) is 1.74. The minimum Gasteiger partial charge on any atom is -0.354 e. The van der Waals surface area contributed by atoms with Crippen LogP contribution in [0.4, 0.5) is 0 Å². The maximum absolute atomic E-state index is 12.2. The third-order valence-corrected chi connectivity index (χ3v) is 5.33. The lowest BCUT2D eigenvalue weighted by Crippen LogP contribution is -2.46. The van der Waals surface area contributed by atoms with Crippen molar-refractivity contribution in [2.24, 2.45) is 5.92 Å². The van der Waals surface area contributed by atoms with Gasteiger partial charge in [0.05, 0.1) is 6.26 Å². The molecule has 1 amide bonds. The predicted molar refractivity (Wildman–Crippen MR) is 80.9 cm³/mol. The molecule has 0 aromatic heterocycles. The van der Waals surface area contributed by atoms with Crippen LogP contribution in [0.1, 0.15) is 52.4 Å². The molecule has 1 aliphatic rings. The molecule has 0 spiro atoms. The number of unbranched alkanes of at least 4 members (excludes halogenated alkanes) is 1. The van der Waals surface area contributed by atoms with E-state index in [1.165, 1.54) is 17.0 Å². The molecule has 0 saturated carbocycles. The van der Waals surface area contributed by atoms with E-state index < -0.39 is 16.1 Å². The first-order valence-corrected chi connectivity index (χ1v) is 9.49. The molecule has 1 aliphatic heterocycles. The van der Waals surface area contributed by atoms with Crippen LogP contribution in [0.25, 0.3) is 0 Å². The Morgan fingerprint density at radius 1 is 1.40 bits per heavy atom. The van der Waals surface area contributed by atoms with Crippen LogP contribution in [0.15, 0.2) is 0 Å². The fourth-order valence-electron chi connectivity index (χ4n) is 2.71. The van der Waals surface area contributed by atoms with Gasteiger partial charge in [-0.3, -0.25) is 4.79 Å². The van der Waals surface area contributed by atoms with Crippen LogP contribution in [-0.4, -0.2) is 44.0 Å². The highest BCUT2D eigenvalue weighted by Gasteiger charge is 2.36. The zero-order chi connectivity index (χ0) is 15.2. The Labute approximate surface area is 123 Å². The molecule has 0 radical (unpaired) electrons. The van der Waals surface area contributed by atoms with Gasteiger partial charge >= 0.3 is 0 Å². The topological polar surface area (TPSA) is 66.5 Å². The van der Waals surface area contributed by atoms with Crippen molar-refractivity contribution in [3.8, 4) is 0 Å². The Hall–Kier alpha value is -0.620. The Kier molecular flexibility index (Phi) is 6.95. The third kappa shape index (κ3) is 5.05. The molecule has 0 aromatic rings. The van der Waals surface area contributed by atoms with Crippen LogP contribution >= 0.6 is 0 Å². The van der Waals surface area contributed by atoms with Crippen LogP contribution < -0.4 is 5.32 Å². The number of nitrogens with one attached hydrogen (secondary N) is 1. The van der Waals surface area contributed by atoms with Crippen LogP contribution in [0.3, 0.4) is 0 Å². The second kappa shape index (κ2) is 7.98. The molecule has 1 fully saturated rings. The highest BCUT2D eigenvalue weighted by Crippen LogP contribution is 2.20. The van der Waals surface area contributed by atoms with E-state index in [0.29, 0.717) is 25.4 Å². The fourth-order valence-corrected chi connectivity index (χ4v) is 3.83. The summed E-state index contributed by atoms with van der Waals surface area (Å²) in [6, 6.07) is -0.506. The lowest BCUT2D eigenvalue weighted by molar-refractivity contribution is -0.124. The number of sulfonamides is 1. The lowest BCUT2D eigenvalue weighted by atomic mass is 9.99. The highest BCUT2D eigenvalue weighted by molar-refractivity contribution is 7.88. The Morgan fingerprint density at radius 3 is 2.65 bits per heavy atom. The van der Waals surface area contributed by atoms with E-state index in [-0.39, 0.29) is 5.91 Å². The summed E-state index contributed by atoms with van der Waals surface area (Å²) in [5, 5.41) is 2.94. The first-order chi connectivity index (χ1) is 9.40. The fraction of sp³-hybridized carbons (Fsp3) is 0.929. The normalized spacial score (nSPS) is 21.9. The molecule has 0 aliphatic carbocycles. The Balaban J connectivity index is 2.49. The smallest absolute Gasteiger partial charge is 0.238 e. The van der Waals surface area contributed by atoms with Gasteiger partial charge in [-0.25, -0.2) is 8.42 Å². The van der Waals surface area contributed by atoms with Crippen molar-refractivity contribution in [2.75, 3.05) is 19.3 Å². The summed E-state index contributed by atoms with van der Waals surface area (Å²) in [5.41, 5.74) is 0. The number of hydrogen-bond donors (Lipinski definition) is 1. The van der Waals surface area contributed by atoms with Crippen molar-refractivity contribution in [1.29, 1.82) is 0 Å².